The molecule has 0 radical (unpaired) electrons. The van der Waals surface area contributed by atoms with Gasteiger partial charge in [0.25, 0.3) is 0 Å². The van der Waals surface area contributed by atoms with Gasteiger partial charge in [-0.25, -0.2) is 4.98 Å². The second-order valence-electron chi connectivity index (χ2n) is 8.70. The van der Waals surface area contributed by atoms with Crippen molar-refractivity contribution in [3.63, 3.8) is 0 Å². The highest BCUT2D eigenvalue weighted by Crippen LogP contribution is 2.38. The topological polar surface area (TPSA) is 65.5 Å². The predicted molar refractivity (Wildman–Crippen MR) is 128 cm³/mol. The van der Waals surface area contributed by atoms with Gasteiger partial charge in [0.15, 0.2) is 5.13 Å². The minimum atomic E-state index is 0.0494. The number of carbonyl (C=O) groups excluding carboxylic acids is 2. The summed E-state index contributed by atoms with van der Waals surface area (Å²) in [5, 5.41) is 3.60. The number of halogens is 1. The van der Waals surface area contributed by atoms with Crippen molar-refractivity contribution in [2.75, 3.05) is 38.5 Å². The Balaban J connectivity index is 1.50. The molecule has 1 aliphatic heterocycles. The van der Waals surface area contributed by atoms with E-state index < -0.39 is 0 Å². The maximum absolute atomic E-state index is 12.9. The minimum Gasteiger partial charge on any atom is -0.340 e. The molecule has 1 N–H and O–H groups in total. The van der Waals surface area contributed by atoms with Gasteiger partial charge >= 0.3 is 0 Å². The smallest absolute Gasteiger partial charge is 0.229 e. The van der Waals surface area contributed by atoms with Crippen LogP contribution in [0.1, 0.15) is 37.5 Å². The number of thiophene rings is 1. The Morgan fingerprint density at radius 2 is 1.84 bits per heavy atom. The quantitative estimate of drug-likeness (QED) is 0.678. The standard InChI is InChI=1S/C22H29ClN4O2S2/c1-14-3-5-15(6-4-14)21(29)25-22-24-20(16-7-8-18(23)30-16)17(31-22)13-19(28)27-11-9-26(2)10-12-27/h7-8,14-15H,3-6,9-13H2,1-2H3,(H,24,25,29). The molecule has 0 atom stereocenters. The van der Waals surface area contributed by atoms with Gasteiger partial charge in [0.2, 0.25) is 11.8 Å². The fourth-order valence-electron chi connectivity index (χ4n) is 4.19. The van der Waals surface area contributed by atoms with E-state index in [1.807, 2.05) is 17.0 Å². The molecule has 0 spiro atoms. The normalized spacial score (nSPS) is 22.5. The van der Waals surface area contributed by atoms with Crippen LogP contribution in [0.15, 0.2) is 12.1 Å². The Kier molecular flexibility index (Phi) is 7.31. The molecule has 0 unspecified atom stereocenters. The molecule has 4 rings (SSSR count). The molecule has 6 nitrogen and oxygen atoms in total. The maximum Gasteiger partial charge on any atom is 0.229 e. The lowest BCUT2D eigenvalue weighted by atomic mass is 9.82. The molecule has 2 aromatic heterocycles. The summed E-state index contributed by atoms with van der Waals surface area (Å²) >= 11 is 9.01. The third-order valence-electron chi connectivity index (χ3n) is 6.29. The largest absolute Gasteiger partial charge is 0.340 e. The van der Waals surface area contributed by atoms with Crippen LogP contribution < -0.4 is 5.32 Å². The fraction of sp³-hybridized carbons (Fsp3) is 0.591. The Bertz CT molecular complexity index is 928. The third kappa shape index (κ3) is 5.66. The van der Waals surface area contributed by atoms with E-state index >= 15 is 0 Å². The van der Waals surface area contributed by atoms with Crippen molar-refractivity contribution in [3.05, 3.63) is 21.3 Å². The summed E-state index contributed by atoms with van der Waals surface area (Å²) in [6, 6.07) is 3.77. The van der Waals surface area contributed by atoms with E-state index in [1.165, 1.54) is 22.7 Å². The van der Waals surface area contributed by atoms with Crippen molar-refractivity contribution in [2.45, 2.75) is 39.0 Å². The molecule has 0 aromatic carbocycles. The third-order valence-corrected chi connectivity index (χ3v) is 8.50. The number of nitrogens with zero attached hydrogens (tertiary/aromatic N) is 3. The van der Waals surface area contributed by atoms with Gasteiger partial charge < -0.3 is 15.1 Å². The van der Waals surface area contributed by atoms with Gasteiger partial charge in [-0.15, -0.1) is 22.7 Å². The van der Waals surface area contributed by atoms with Crippen molar-refractivity contribution < 1.29 is 9.59 Å². The number of carbonyl (C=O) groups is 2. The van der Waals surface area contributed by atoms with Gasteiger partial charge in [-0.2, -0.15) is 0 Å². The molecule has 2 amide bonds. The molecule has 2 aromatic rings. The van der Waals surface area contributed by atoms with Crippen LogP contribution in [0.2, 0.25) is 4.34 Å². The monoisotopic (exact) mass is 480 g/mol. The predicted octanol–water partition coefficient (Wildman–Crippen LogP) is 4.61. The molecule has 9 heteroatoms. The van der Waals surface area contributed by atoms with Crippen LogP contribution in [-0.2, 0) is 16.0 Å². The van der Waals surface area contributed by atoms with Gasteiger partial charge in [0.05, 0.1) is 21.3 Å². The Morgan fingerprint density at radius 1 is 1.13 bits per heavy atom. The molecular formula is C22H29ClN4O2S2. The summed E-state index contributed by atoms with van der Waals surface area (Å²) in [5.41, 5.74) is 0.761. The van der Waals surface area contributed by atoms with Crippen molar-refractivity contribution in [3.8, 4) is 10.6 Å². The van der Waals surface area contributed by atoms with Gasteiger partial charge in [0, 0.05) is 37.0 Å². The van der Waals surface area contributed by atoms with E-state index in [1.54, 1.807) is 0 Å². The Hall–Kier alpha value is -1.48. The van der Waals surface area contributed by atoms with Crippen LogP contribution >= 0.6 is 34.3 Å². The zero-order chi connectivity index (χ0) is 22.0. The Morgan fingerprint density at radius 3 is 2.48 bits per heavy atom. The van der Waals surface area contributed by atoms with Gasteiger partial charge in [0.1, 0.15) is 0 Å². The lowest BCUT2D eigenvalue weighted by molar-refractivity contribution is -0.132. The summed E-state index contributed by atoms with van der Waals surface area (Å²) in [4.78, 5) is 36.4. The highest BCUT2D eigenvalue weighted by Gasteiger charge is 2.27. The van der Waals surface area contributed by atoms with E-state index in [0.717, 1.165) is 67.3 Å². The first-order chi connectivity index (χ1) is 14.9. The number of likely N-dealkylation sites (N-methyl/N-ethyl adjacent to an activating group) is 1. The van der Waals surface area contributed by atoms with Crippen LogP contribution in [-0.4, -0.2) is 59.8 Å². The van der Waals surface area contributed by atoms with E-state index in [9.17, 15) is 9.59 Å². The molecule has 1 aliphatic carbocycles. The summed E-state index contributed by atoms with van der Waals surface area (Å²) < 4.78 is 0.682. The zero-order valence-corrected chi connectivity index (χ0v) is 20.4. The van der Waals surface area contributed by atoms with E-state index in [0.29, 0.717) is 21.8 Å². The number of hydrogen-bond donors (Lipinski definition) is 1. The zero-order valence-electron chi connectivity index (χ0n) is 18.0. The number of thiazole rings is 1. The summed E-state index contributed by atoms with van der Waals surface area (Å²) in [7, 11) is 2.07. The van der Waals surface area contributed by atoms with E-state index in [2.05, 4.69) is 24.2 Å². The summed E-state index contributed by atoms with van der Waals surface area (Å²) in [6.07, 6.45) is 4.35. The van der Waals surface area contributed by atoms with Crippen LogP contribution in [0.25, 0.3) is 10.6 Å². The molecule has 1 saturated carbocycles. The molecule has 2 fully saturated rings. The Labute approximate surface area is 196 Å². The van der Waals surface area contributed by atoms with E-state index in [-0.39, 0.29) is 17.7 Å². The number of anilines is 1. The highest BCUT2D eigenvalue weighted by atomic mass is 35.5. The van der Waals surface area contributed by atoms with Crippen molar-refractivity contribution in [1.82, 2.24) is 14.8 Å². The summed E-state index contributed by atoms with van der Waals surface area (Å²) in [5.74, 6) is 0.912. The van der Waals surface area contributed by atoms with Crippen molar-refractivity contribution in [1.29, 1.82) is 0 Å². The first kappa shape index (κ1) is 22.7. The number of amides is 2. The SMILES string of the molecule is CC1CCC(C(=O)Nc2nc(-c3ccc(Cl)s3)c(CC(=O)N3CCN(C)CC3)s2)CC1. The summed E-state index contributed by atoms with van der Waals surface area (Å²) in [6.45, 7) is 5.53. The molecule has 0 bridgehead atoms. The molecular weight excluding hydrogens is 452 g/mol. The van der Waals surface area contributed by atoms with Crippen LogP contribution in [0.4, 0.5) is 5.13 Å². The molecule has 168 valence electrons. The molecule has 31 heavy (non-hydrogen) atoms. The molecule has 3 heterocycles. The first-order valence-corrected chi connectivity index (χ1v) is 12.9. The first-order valence-electron chi connectivity index (χ1n) is 10.9. The minimum absolute atomic E-state index is 0.0494. The highest BCUT2D eigenvalue weighted by molar-refractivity contribution is 7.20. The second-order valence-corrected chi connectivity index (χ2v) is 11.5. The number of piperazine rings is 1. The number of hydrogen-bond acceptors (Lipinski definition) is 6. The van der Waals surface area contributed by atoms with Crippen LogP contribution in [0.5, 0.6) is 0 Å². The number of nitrogens with one attached hydrogen (secondary N) is 1. The average Bonchev–Trinajstić information content (AvgIpc) is 3.34. The van der Waals surface area contributed by atoms with Gasteiger partial charge in [-0.05, 0) is 50.8 Å². The second kappa shape index (κ2) is 9.98. The van der Waals surface area contributed by atoms with Crippen molar-refractivity contribution >= 4 is 51.2 Å². The maximum atomic E-state index is 12.9. The fourth-order valence-corrected chi connectivity index (χ4v) is 6.29. The average molecular weight is 481 g/mol. The van der Waals surface area contributed by atoms with Crippen LogP contribution in [0, 0.1) is 11.8 Å². The van der Waals surface area contributed by atoms with Crippen molar-refractivity contribution in [2.24, 2.45) is 11.8 Å². The number of aromatic nitrogens is 1. The molecule has 2 aliphatic rings. The lowest BCUT2D eigenvalue weighted by Gasteiger charge is -2.32. The van der Waals surface area contributed by atoms with Gasteiger partial charge in [-0.1, -0.05) is 18.5 Å². The van der Waals surface area contributed by atoms with E-state index in [4.69, 9.17) is 16.6 Å². The van der Waals surface area contributed by atoms with Crippen LogP contribution in [0.3, 0.4) is 0 Å². The molecule has 1 saturated heterocycles. The number of rotatable bonds is 5. The lowest BCUT2D eigenvalue weighted by Crippen LogP contribution is -2.47. The van der Waals surface area contributed by atoms with Gasteiger partial charge in [-0.3, -0.25) is 9.59 Å².